The minimum atomic E-state index is -4.53. The van der Waals surface area contributed by atoms with Crippen LogP contribution < -0.4 is 0 Å². The molecule has 1 atom stereocenters. The van der Waals surface area contributed by atoms with Crippen LogP contribution in [0.4, 0.5) is 13.2 Å². The van der Waals surface area contributed by atoms with Crippen LogP contribution in [0.25, 0.3) is 0 Å². The van der Waals surface area contributed by atoms with Crippen LogP contribution in [0.3, 0.4) is 0 Å². The van der Waals surface area contributed by atoms with Crippen molar-refractivity contribution in [3.05, 3.63) is 35.9 Å². The SMILES string of the molecule is CCC(CCc1ccccc1)OC(F)(F)F. The van der Waals surface area contributed by atoms with Crippen LogP contribution in [-0.2, 0) is 11.2 Å². The first-order valence-corrected chi connectivity index (χ1v) is 5.29. The summed E-state index contributed by atoms with van der Waals surface area (Å²) in [6.45, 7) is 1.70. The van der Waals surface area contributed by atoms with Crippen LogP contribution in [0.1, 0.15) is 25.3 Å². The summed E-state index contributed by atoms with van der Waals surface area (Å²) in [5, 5.41) is 0. The van der Waals surface area contributed by atoms with E-state index in [1.54, 1.807) is 6.92 Å². The van der Waals surface area contributed by atoms with Gasteiger partial charge in [-0.15, -0.1) is 13.2 Å². The monoisotopic (exact) mass is 232 g/mol. The molecule has 0 aliphatic carbocycles. The molecular formula is C12H15F3O. The molecule has 0 saturated heterocycles. The summed E-state index contributed by atoms with van der Waals surface area (Å²) >= 11 is 0. The average molecular weight is 232 g/mol. The fourth-order valence-corrected chi connectivity index (χ4v) is 1.51. The van der Waals surface area contributed by atoms with Crippen LogP contribution in [0.2, 0.25) is 0 Å². The van der Waals surface area contributed by atoms with Crippen molar-refractivity contribution in [2.24, 2.45) is 0 Å². The second-order valence-corrected chi connectivity index (χ2v) is 3.62. The number of ether oxygens (including phenoxy) is 1. The van der Waals surface area contributed by atoms with Crippen LogP contribution in [0.5, 0.6) is 0 Å². The Kier molecular flexibility index (Phi) is 4.80. The Morgan fingerprint density at radius 3 is 2.31 bits per heavy atom. The van der Waals surface area contributed by atoms with Crippen LogP contribution in [0, 0.1) is 0 Å². The standard InChI is InChI=1S/C12H15F3O/c1-2-11(16-12(13,14)15)9-8-10-6-4-3-5-7-10/h3-7,11H,2,8-9H2,1H3. The minimum absolute atomic E-state index is 0.367. The molecule has 0 radical (unpaired) electrons. The lowest BCUT2D eigenvalue weighted by molar-refractivity contribution is -0.343. The molecule has 0 aromatic heterocycles. The number of hydrogen-bond acceptors (Lipinski definition) is 1. The quantitative estimate of drug-likeness (QED) is 0.747. The van der Waals surface area contributed by atoms with Crippen molar-refractivity contribution < 1.29 is 17.9 Å². The molecule has 1 aromatic carbocycles. The van der Waals surface area contributed by atoms with Crippen molar-refractivity contribution in [3.63, 3.8) is 0 Å². The predicted octanol–water partition coefficient (Wildman–Crippen LogP) is 3.93. The lowest BCUT2D eigenvalue weighted by Crippen LogP contribution is -2.23. The second-order valence-electron chi connectivity index (χ2n) is 3.62. The number of benzene rings is 1. The van der Waals surface area contributed by atoms with Gasteiger partial charge in [0.1, 0.15) is 0 Å². The van der Waals surface area contributed by atoms with Crippen molar-refractivity contribution >= 4 is 0 Å². The molecule has 0 fully saturated rings. The molecule has 0 saturated carbocycles. The van der Waals surface area contributed by atoms with E-state index in [2.05, 4.69) is 4.74 Å². The average Bonchev–Trinajstić information content (AvgIpc) is 2.24. The Hall–Kier alpha value is -1.03. The number of halogens is 3. The zero-order valence-corrected chi connectivity index (χ0v) is 9.13. The molecule has 1 unspecified atom stereocenters. The smallest absolute Gasteiger partial charge is 0.289 e. The van der Waals surface area contributed by atoms with Crippen molar-refractivity contribution in [2.45, 2.75) is 38.7 Å². The highest BCUT2D eigenvalue weighted by Crippen LogP contribution is 2.22. The maximum Gasteiger partial charge on any atom is 0.522 e. The van der Waals surface area contributed by atoms with Gasteiger partial charge >= 0.3 is 6.36 Å². The number of alkyl halides is 3. The van der Waals surface area contributed by atoms with E-state index < -0.39 is 12.5 Å². The molecule has 0 bridgehead atoms. The third-order valence-electron chi connectivity index (χ3n) is 2.35. The normalized spacial score (nSPS) is 13.8. The lowest BCUT2D eigenvalue weighted by Gasteiger charge is -2.17. The molecule has 1 rings (SSSR count). The van der Waals surface area contributed by atoms with Gasteiger partial charge in [-0.3, -0.25) is 4.74 Å². The van der Waals surface area contributed by atoms with Gasteiger partial charge in [-0.1, -0.05) is 37.3 Å². The molecule has 4 heteroatoms. The highest BCUT2D eigenvalue weighted by molar-refractivity contribution is 5.14. The van der Waals surface area contributed by atoms with Gasteiger partial charge in [-0.05, 0) is 24.8 Å². The van der Waals surface area contributed by atoms with Gasteiger partial charge in [0, 0.05) is 0 Å². The van der Waals surface area contributed by atoms with E-state index >= 15 is 0 Å². The zero-order chi connectivity index (χ0) is 12.0. The van der Waals surface area contributed by atoms with Gasteiger partial charge in [0.05, 0.1) is 6.10 Å². The number of hydrogen-bond donors (Lipinski definition) is 0. The first-order valence-electron chi connectivity index (χ1n) is 5.29. The molecule has 1 aromatic rings. The Balaban J connectivity index is 2.40. The van der Waals surface area contributed by atoms with Gasteiger partial charge in [-0.25, -0.2) is 0 Å². The van der Waals surface area contributed by atoms with Crippen molar-refractivity contribution in [3.8, 4) is 0 Å². The first-order chi connectivity index (χ1) is 7.51. The third kappa shape index (κ3) is 5.16. The van der Waals surface area contributed by atoms with Gasteiger partial charge in [-0.2, -0.15) is 0 Å². The fraction of sp³-hybridized carbons (Fsp3) is 0.500. The summed E-state index contributed by atoms with van der Waals surface area (Å²) < 4.78 is 40.0. The molecule has 0 aliphatic heterocycles. The third-order valence-corrected chi connectivity index (χ3v) is 2.35. The predicted molar refractivity (Wildman–Crippen MR) is 56.0 cm³/mol. The van der Waals surface area contributed by atoms with Crippen molar-refractivity contribution in [1.29, 1.82) is 0 Å². The molecular weight excluding hydrogens is 217 g/mol. The van der Waals surface area contributed by atoms with E-state index in [1.807, 2.05) is 30.3 Å². The van der Waals surface area contributed by atoms with E-state index in [0.717, 1.165) is 5.56 Å². The second kappa shape index (κ2) is 5.89. The zero-order valence-electron chi connectivity index (χ0n) is 9.13. The number of aryl methyl sites for hydroxylation is 1. The Bertz CT molecular complexity index is 295. The summed E-state index contributed by atoms with van der Waals surface area (Å²) in [7, 11) is 0. The molecule has 90 valence electrons. The summed E-state index contributed by atoms with van der Waals surface area (Å²) in [4.78, 5) is 0. The first kappa shape index (κ1) is 13.0. The van der Waals surface area contributed by atoms with Gasteiger partial charge in [0.2, 0.25) is 0 Å². The summed E-state index contributed by atoms with van der Waals surface area (Å²) in [6, 6.07) is 9.44. The highest BCUT2D eigenvalue weighted by Gasteiger charge is 2.32. The van der Waals surface area contributed by atoms with Crippen LogP contribution in [-0.4, -0.2) is 12.5 Å². The van der Waals surface area contributed by atoms with Crippen LogP contribution >= 0.6 is 0 Å². The molecule has 1 nitrogen and oxygen atoms in total. The van der Waals surface area contributed by atoms with Gasteiger partial charge in [0.25, 0.3) is 0 Å². The Morgan fingerprint density at radius 1 is 1.19 bits per heavy atom. The fourth-order valence-electron chi connectivity index (χ4n) is 1.51. The maximum atomic E-state index is 12.0. The van der Waals surface area contributed by atoms with E-state index in [9.17, 15) is 13.2 Å². The van der Waals surface area contributed by atoms with E-state index in [-0.39, 0.29) is 0 Å². The minimum Gasteiger partial charge on any atom is -0.289 e. The molecule has 0 aliphatic rings. The maximum absolute atomic E-state index is 12.0. The highest BCUT2D eigenvalue weighted by atomic mass is 19.4. The largest absolute Gasteiger partial charge is 0.522 e. The van der Waals surface area contributed by atoms with E-state index in [0.29, 0.717) is 19.3 Å². The van der Waals surface area contributed by atoms with E-state index in [4.69, 9.17) is 0 Å². The summed E-state index contributed by atoms with van der Waals surface area (Å²) in [5.41, 5.74) is 1.03. The molecule has 0 amide bonds. The lowest BCUT2D eigenvalue weighted by atomic mass is 10.1. The number of rotatable bonds is 5. The Labute approximate surface area is 93.2 Å². The van der Waals surface area contributed by atoms with Crippen molar-refractivity contribution in [2.75, 3.05) is 0 Å². The molecule has 0 spiro atoms. The van der Waals surface area contributed by atoms with E-state index in [1.165, 1.54) is 0 Å². The summed E-state index contributed by atoms with van der Waals surface area (Å²) in [6.07, 6.45) is -3.92. The topological polar surface area (TPSA) is 9.23 Å². The molecule has 0 heterocycles. The van der Waals surface area contributed by atoms with Gasteiger partial charge in [0.15, 0.2) is 0 Å². The van der Waals surface area contributed by atoms with Crippen molar-refractivity contribution in [1.82, 2.24) is 0 Å². The summed E-state index contributed by atoms with van der Waals surface area (Å²) in [5.74, 6) is 0. The molecule has 16 heavy (non-hydrogen) atoms. The Morgan fingerprint density at radius 2 is 1.81 bits per heavy atom. The molecule has 0 N–H and O–H groups in total. The van der Waals surface area contributed by atoms with Crippen LogP contribution in [0.15, 0.2) is 30.3 Å². The van der Waals surface area contributed by atoms with Gasteiger partial charge < -0.3 is 0 Å².